The van der Waals surface area contributed by atoms with Crippen LogP contribution >= 0.6 is 11.6 Å². The van der Waals surface area contributed by atoms with Gasteiger partial charge in [-0.3, -0.25) is 0 Å². The highest BCUT2D eigenvalue weighted by Crippen LogP contribution is 2.31. The van der Waals surface area contributed by atoms with Gasteiger partial charge < -0.3 is 10.1 Å². The maximum absolute atomic E-state index is 5.99. The van der Waals surface area contributed by atoms with Crippen LogP contribution in [0.15, 0.2) is 30.9 Å². The molecule has 18 heavy (non-hydrogen) atoms. The third-order valence-electron chi connectivity index (χ3n) is 2.92. The van der Waals surface area contributed by atoms with Crippen LogP contribution in [-0.4, -0.2) is 13.7 Å². The van der Waals surface area contributed by atoms with E-state index in [2.05, 4.69) is 18.8 Å². The maximum atomic E-state index is 5.99. The van der Waals surface area contributed by atoms with Gasteiger partial charge in [0.05, 0.1) is 7.11 Å². The second-order valence-electron chi connectivity index (χ2n) is 4.22. The minimum atomic E-state index is 0.308. The second-order valence-corrected chi connectivity index (χ2v) is 4.65. The summed E-state index contributed by atoms with van der Waals surface area (Å²) in [4.78, 5) is 0. The third-order valence-corrected chi connectivity index (χ3v) is 3.16. The largest absolute Gasteiger partial charge is 0.496 e. The van der Waals surface area contributed by atoms with Crippen LogP contribution in [0.3, 0.4) is 0 Å². The standard InChI is InChI=1S/C15H22ClNO/c1-4-6-7-8-14(17-5-2)13-10-9-12(16)11-15(13)18-3/h4,9-11,14,17H,1,5-8H2,2-3H3. The van der Waals surface area contributed by atoms with Crippen molar-refractivity contribution in [3.8, 4) is 5.75 Å². The highest BCUT2D eigenvalue weighted by molar-refractivity contribution is 6.30. The fourth-order valence-electron chi connectivity index (χ4n) is 2.05. The normalized spacial score (nSPS) is 12.2. The SMILES string of the molecule is C=CCCCC(NCC)c1ccc(Cl)cc1OC. The van der Waals surface area contributed by atoms with Gasteiger partial charge in [0.15, 0.2) is 0 Å². The summed E-state index contributed by atoms with van der Waals surface area (Å²) in [7, 11) is 1.68. The third kappa shape index (κ3) is 4.35. The molecule has 0 saturated heterocycles. The summed E-state index contributed by atoms with van der Waals surface area (Å²) in [5.74, 6) is 0.854. The topological polar surface area (TPSA) is 21.3 Å². The Morgan fingerprint density at radius 3 is 2.89 bits per heavy atom. The van der Waals surface area contributed by atoms with Crippen molar-refractivity contribution >= 4 is 11.6 Å². The lowest BCUT2D eigenvalue weighted by atomic mass is 10.00. The van der Waals surface area contributed by atoms with E-state index >= 15 is 0 Å². The Morgan fingerprint density at radius 1 is 1.50 bits per heavy atom. The fraction of sp³-hybridized carbons (Fsp3) is 0.467. The van der Waals surface area contributed by atoms with Gasteiger partial charge in [0, 0.05) is 16.6 Å². The van der Waals surface area contributed by atoms with Crippen LogP contribution < -0.4 is 10.1 Å². The Kier molecular flexibility index (Phi) is 6.84. The van der Waals surface area contributed by atoms with Gasteiger partial charge in [-0.15, -0.1) is 6.58 Å². The first-order chi connectivity index (χ1) is 8.72. The van der Waals surface area contributed by atoms with Gasteiger partial charge in [-0.05, 0) is 37.9 Å². The van der Waals surface area contributed by atoms with E-state index in [0.717, 1.165) is 31.6 Å². The van der Waals surface area contributed by atoms with Crippen molar-refractivity contribution in [2.45, 2.75) is 32.2 Å². The Hall–Kier alpha value is -0.990. The Morgan fingerprint density at radius 2 is 2.28 bits per heavy atom. The quantitative estimate of drug-likeness (QED) is 0.558. The zero-order valence-corrected chi connectivity index (χ0v) is 12.0. The predicted molar refractivity (Wildman–Crippen MR) is 78.5 cm³/mol. The number of hydrogen-bond donors (Lipinski definition) is 1. The van der Waals surface area contributed by atoms with E-state index in [1.54, 1.807) is 7.11 Å². The van der Waals surface area contributed by atoms with Gasteiger partial charge >= 0.3 is 0 Å². The van der Waals surface area contributed by atoms with Crippen LogP contribution in [0.2, 0.25) is 5.02 Å². The molecule has 0 aliphatic carbocycles. The van der Waals surface area contributed by atoms with Gasteiger partial charge in [0.2, 0.25) is 0 Å². The number of nitrogens with one attached hydrogen (secondary N) is 1. The number of halogens is 1. The molecule has 3 heteroatoms. The van der Waals surface area contributed by atoms with E-state index in [1.807, 2.05) is 24.3 Å². The number of hydrogen-bond acceptors (Lipinski definition) is 2. The van der Waals surface area contributed by atoms with Crippen molar-refractivity contribution in [3.63, 3.8) is 0 Å². The molecule has 1 aromatic carbocycles. The number of benzene rings is 1. The molecule has 0 aliphatic rings. The molecule has 0 saturated carbocycles. The number of allylic oxidation sites excluding steroid dienone is 1. The average Bonchev–Trinajstić information content (AvgIpc) is 2.38. The van der Waals surface area contributed by atoms with Crippen LogP contribution in [0.25, 0.3) is 0 Å². The molecule has 0 fully saturated rings. The van der Waals surface area contributed by atoms with E-state index in [9.17, 15) is 0 Å². The highest BCUT2D eigenvalue weighted by Gasteiger charge is 2.14. The summed E-state index contributed by atoms with van der Waals surface area (Å²) in [5, 5.41) is 4.20. The van der Waals surface area contributed by atoms with Crippen molar-refractivity contribution in [2.24, 2.45) is 0 Å². The molecule has 1 atom stereocenters. The molecule has 1 N–H and O–H groups in total. The summed E-state index contributed by atoms with van der Waals surface area (Å²) in [6, 6.07) is 6.14. The van der Waals surface area contributed by atoms with Crippen molar-refractivity contribution in [2.75, 3.05) is 13.7 Å². The lowest BCUT2D eigenvalue weighted by Gasteiger charge is -2.20. The molecule has 0 radical (unpaired) electrons. The maximum Gasteiger partial charge on any atom is 0.125 e. The Labute approximate surface area is 115 Å². The average molecular weight is 268 g/mol. The molecule has 100 valence electrons. The summed E-state index contributed by atoms with van der Waals surface area (Å²) in [6.45, 7) is 6.81. The summed E-state index contributed by atoms with van der Waals surface area (Å²) in [6.07, 6.45) is 5.19. The zero-order chi connectivity index (χ0) is 13.4. The van der Waals surface area contributed by atoms with Gasteiger partial charge in [0.25, 0.3) is 0 Å². The minimum absolute atomic E-state index is 0.308. The highest BCUT2D eigenvalue weighted by atomic mass is 35.5. The smallest absolute Gasteiger partial charge is 0.125 e. The Balaban J connectivity index is 2.86. The van der Waals surface area contributed by atoms with Gasteiger partial charge in [-0.2, -0.15) is 0 Å². The van der Waals surface area contributed by atoms with Crippen LogP contribution in [0.1, 0.15) is 37.8 Å². The van der Waals surface area contributed by atoms with E-state index < -0.39 is 0 Å². The van der Waals surface area contributed by atoms with Crippen molar-refractivity contribution in [3.05, 3.63) is 41.4 Å². The fourth-order valence-corrected chi connectivity index (χ4v) is 2.22. The van der Waals surface area contributed by atoms with E-state index in [4.69, 9.17) is 16.3 Å². The summed E-state index contributed by atoms with van der Waals surface area (Å²) < 4.78 is 5.42. The lowest BCUT2D eigenvalue weighted by Crippen LogP contribution is -2.21. The summed E-state index contributed by atoms with van der Waals surface area (Å²) >= 11 is 5.99. The molecule has 0 amide bonds. The first kappa shape index (κ1) is 15.1. The van der Waals surface area contributed by atoms with Crippen molar-refractivity contribution < 1.29 is 4.74 Å². The zero-order valence-electron chi connectivity index (χ0n) is 11.2. The minimum Gasteiger partial charge on any atom is -0.496 e. The van der Waals surface area contributed by atoms with Crippen molar-refractivity contribution in [1.29, 1.82) is 0 Å². The first-order valence-corrected chi connectivity index (χ1v) is 6.78. The van der Waals surface area contributed by atoms with Gasteiger partial charge in [-0.25, -0.2) is 0 Å². The first-order valence-electron chi connectivity index (χ1n) is 6.40. The van der Waals surface area contributed by atoms with E-state index in [-0.39, 0.29) is 0 Å². The predicted octanol–water partition coefficient (Wildman–Crippen LogP) is 4.36. The van der Waals surface area contributed by atoms with Crippen LogP contribution in [-0.2, 0) is 0 Å². The van der Waals surface area contributed by atoms with Crippen LogP contribution in [0.5, 0.6) is 5.75 Å². The Bertz CT molecular complexity index is 379. The summed E-state index contributed by atoms with van der Waals surface area (Å²) in [5.41, 5.74) is 1.17. The molecule has 0 aliphatic heterocycles. The van der Waals surface area contributed by atoms with Crippen LogP contribution in [0, 0.1) is 0 Å². The van der Waals surface area contributed by atoms with Gasteiger partial charge in [0.1, 0.15) is 5.75 Å². The molecule has 0 aromatic heterocycles. The molecule has 1 rings (SSSR count). The lowest BCUT2D eigenvalue weighted by molar-refractivity contribution is 0.395. The number of unbranched alkanes of at least 4 members (excludes halogenated alkanes) is 1. The molecule has 1 unspecified atom stereocenters. The number of rotatable bonds is 8. The molecule has 2 nitrogen and oxygen atoms in total. The van der Waals surface area contributed by atoms with E-state index in [0.29, 0.717) is 11.1 Å². The molecule has 0 spiro atoms. The molecular weight excluding hydrogens is 246 g/mol. The second kappa shape index (κ2) is 8.17. The number of methoxy groups -OCH3 is 1. The van der Waals surface area contributed by atoms with Crippen LogP contribution in [0.4, 0.5) is 0 Å². The molecule has 0 heterocycles. The van der Waals surface area contributed by atoms with Gasteiger partial charge in [-0.1, -0.05) is 30.7 Å². The molecule has 0 bridgehead atoms. The van der Waals surface area contributed by atoms with E-state index in [1.165, 1.54) is 5.56 Å². The molecule has 1 aromatic rings. The monoisotopic (exact) mass is 267 g/mol. The van der Waals surface area contributed by atoms with Crippen molar-refractivity contribution in [1.82, 2.24) is 5.32 Å². The number of ether oxygens (including phenoxy) is 1. The molecular formula is C15H22ClNO.